The summed E-state index contributed by atoms with van der Waals surface area (Å²) < 4.78 is 17.9. The smallest absolute Gasteiger partial charge is 0.237 e. The molecular formula is C44H83N5O7. The molecule has 0 aromatic heterocycles. The van der Waals surface area contributed by atoms with Crippen LogP contribution in [0.2, 0.25) is 0 Å². The Hall–Kier alpha value is -2.90. The van der Waals surface area contributed by atoms with Gasteiger partial charge in [-0.1, -0.05) is 105 Å². The first-order valence-corrected chi connectivity index (χ1v) is 21.0. The lowest BCUT2D eigenvalue weighted by Crippen LogP contribution is -2.52. The lowest BCUT2D eigenvalue weighted by Gasteiger charge is -2.38. The Morgan fingerprint density at radius 2 is 1.52 bits per heavy atom. The number of ether oxygens (including phenoxy) is 3. The Morgan fingerprint density at radius 1 is 0.929 bits per heavy atom. The van der Waals surface area contributed by atoms with Crippen molar-refractivity contribution >= 4 is 24.0 Å². The molecule has 2 rings (SSSR count). The summed E-state index contributed by atoms with van der Waals surface area (Å²) in [4.78, 5) is 52.2. The molecule has 0 aliphatic carbocycles. The molecule has 1 heterocycles. The number of hydrogen-bond acceptors (Lipinski definition) is 9. The summed E-state index contributed by atoms with van der Waals surface area (Å²) in [6.45, 7) is 23.5. The van der Waals surface area contributed by atoms with E-state index in [1.165, 1.54) is 6.42 Å². The molecule has 12 nitrogen and oxygen atoms in total. The van der Waals surface area contributed by atoms with Gasteiger partial charge in [-0.25, -0.2) is 0 Å². The topological polar surface area (TPSA) is 139 Å². The third kappa shape index (κ3) is 20.0. The third-order valence-corrected chi connectivity index (χ3v) is 9.75. The largest absolute Gasteiger partial charge is 0.379 e. The van der Waals surface area contributed by atoms with Crippen LogP contribution in [0.5, 0.6) is 0 Å². The summed E-state index contributed by atoms with van der Waals surface area (Å²) in [5.41, 5.74) is 1.02. The number of carbonyl (C=O) groups excluding carboxylic acids is 4. The number of likely N-dealkylation sites (N-methyl/N-ethyl adjacent to an activating group) is 2. The van der Waals surface area contributed by atoms with E-state index < -0.39 is 12.0 Å². The third-order valence-electron chi connectivity index (χ3n) is 9.75. The maximum atomic E-state index is 13.6. The SMILES string of the molecule is CC.CCC.CCC(C)C(C(CC(=O)N1CCCC1C(OC)C(C)C(=O)NCC(OC(C)C)c1ccccc1)OC)N(C)C.CNC(C(=O)NCC=O)C(C)C. The predicted molar refractivity (Wildman–Crippen MR) is 230 cm³/mol. The molecular weight excluding hydrogens is 711 g/mol. The van der Waals surface area contributed by atoms with Crippen molar-refractivity contribution in [1.82, 2.24) is 25.8 Å². The van der Waals surface area contributed by atoms with Gasteiger partial charge < -0.3 is 44.8 Å². The number of nitrogens with one attached hydrogen (secondary N) is 3. The first-order valence-electron chi connectivity index (χ1n) is 21.0. The first kappa shape index (κ1) is 55.2. The van der Waals surface area contributed by atoms with E-state index in [-0.39, 0.29) is 66.6 Å². The summed E-state index contributed by atoms with van der Waals surface area (Å²) in [5, 5.41) is 8.46. The highest BCUT2D eigenvalue weighted by Crippen LogP contribution is 2.29. The number of hydrogen-bond donors (Lipinski definition) is 3. The van der Waals surface area contributed by atoms with Crippen molar-refractivity contribution in [1.29, 1.82) is 0 Å². The summed E-state index contributed by atoms with van der Waals surface area (Å²) in [5.74, 6) is 0.0113. The molecule has 3 N–H and O–H groups in total. The minimum Gasteiger partial charge on any atom is -0.379 e. The standard InChI is InChI=1S/C31H53N3O5.C8H16N2O2.C3H8.C2H6/c1-10-22(4)29(33(6)7)26(37-8)19-28(35)34-18-14-17-25(34)30(38-9)23(5)31(36)32-20-27(39-21(2)3)24-15-12-11-13-16-24;1-6(2)7(9-3)8(12)10-4-5-11;1-3-2;1-2/h11-13,15-16,21-23,25-27,29-30H,10,14,17-20H2,1-9H3,(H,32,36);5-7,9H,4H2,1-3H3,(H,10,12);3H2,1-2H3;1-2H3. The fraction of sp³-hybridized carbons (Fsp3) is 0.773. The van der Waals surface area contributed by atoms with E-state index in [0.29, 0.717) is 31.7 Å². The van der Waals surface area contributed by atoms with Crippen molar-refractivity contribution in [3.05, 3.63) is 35.9 Å². The highest BCUT2D eigenvalue weighted by molar-refractivity contribution is 5.83. The van der Waals surface area contributed by atoms with E-state index in [2.05, 4.69) is 48.5 Å². The van der Waals surface area contributed by atoms with Gasteiger partial charge in [0.1, 0.15) is 12.4 Å². The van der Waals surface area contributed by atoms with Gasteiger partial charge in [-0.2, -0.15) is 0 Å². The minimum atomic E-state index is -0.434. The van der Waals surface area contributed by atoms with E-state index in [9.17, 15) is 19.2 Å². The zero-order valence-corrected chi connectivity index (χ0v) is 38.1. The van der Waals surface area contributed by atoms with Gasteiger partial charge in [-0.15, -0.1) is 0 Å². The molecule has 1 fully saturated rings. The van der Waals surface area contributed by atoms with Gasteiger partial charge in [-0.3, -0.25) is 14.4 Å². The fourth-order valence-corrected chi connectivity index (χ4v) is 6.98. The van der Waals surface area contributed by atoms with E-state index in [4.69, 9.17) is 14.2 Å². The van der Waals surface area contributed by atoms with Crippen LogP contribution in [0.15, 0.2) is 30.3 Å². The highest BCUT2D eigenvalue weighted by atomic mass is 16.5. The second-order valence-corrected chi connectivity index (χ2v) is 15.1. The minimum absolute atomic E-state index is 0.0256. The summed E-state index contributed by atoms with van der Waals surface area (Å²) in [7, 11) is 9.14. The Bertz CT molecular complexity index is 1170. The molecule has 0 radical (unpaired) electrons. The Morgan fingerprint density at radius 3 is 1.96 bits per heavy atom. The number of nitrogens with zero attached hydrogens (tertiary/aromatic N) is 2. The monoisotopic (exact) mass is 794 g/mol. The van der Waals surface area contributed by atoms with E-state index in [1.807, 2.05) is 97.8 Å². The van der Waals surface area contributed by atoms with Gasteiger partial charge in [0.25, 0.3) is 0 Å². The van der Waals surface area contributed by atoms with Crippen LogP contribution in [0.1, 0.15) is 120 Å². The lowest BCUT2D eigenvalue weighted by atomic mass is 9.90. The molecule has 0 bridgehead atoms. The van der Waals surface area contributed by atoms with Crippen molar-refractivity contribution in [2.24, 2.45) is 17.8 Å². The average molecular weight is 794 g/mol. The van der Waals surface area contributed by atoms with Gasteiger partial charge in [0.2, 0.25) is 17.7 Å². The van der Waals surface area contributed by atoms with Crippen LogP contribution in [0.3, 0.4) is 0 Å². The van der Waals surface area contributed by atoms with Gasteiger partial charge >= 0.3 is 0 Å². The molecule has 8 unspecified atom stereocenters. The van der Waals surface area contributed by atoms with Crippen LogP contribution in [0.4, 0.5) is 0 Å². The maximum absolute atomic E-state index is 13.6. The van der Waals surface area contributed by atoms with Gasteiger partial charge in [0.05, 0.1) is 49.3 Å². The summed E-state index contributed by atoms with van der Waals surface area (Å²) in [6.07, 6.45) is 4.11. The molecule has 8 atom stereocenters. The van der Waals surface area contributed by atoms with E-state index in [0.717, 1.165) is 24.8 Å². The van der Waals surface area contributed by atoms with Crippen LogP contribution < -0.4 is 16.0 Å². The van der Waals surface area contributed by atoms with Crippen molar-refractivity contribution in [3.63, 3.8) is 0 Å². The van der Waals surface area contributed by atoms with Crippen LogP contribution in [-0.2, 0) is 33.4 Å². The number of likely N-dealkylation sites (tertiary alicyclic amines) is 1. The highest BCUT2D eigenvalue weighted by Gasteiger charge is 2.41. The van der Waals surface area contributed by atoms with Crippen LogP contribution >= 0.6 is 0 Å². The van der Waals surface area contributed by atoms with E-state index in [1.54, 1.807) is 21.3 Å². The summed E-state index contributed by atoms with van der Waals surface area (Å²) in [6, 6.07) is 9.70. The van der Waals surface area contributed by atoms with Gasteiger partial charge in [0, 0.05) is 33.4 Å². The van der Waals surface area contributed by atoms with E-state index >= 15 is 0 Å². The molecule has 1 aliphatic heterocycles. The quantitative estimate of drug-likeness (QED) is 0.123. The second-order valence-electron chi connectivity index (χ2n) is 15.1. The number of amides is 3. The molecule has 1 aromatic carbocycles. The molecule has 1 aliphatic rings. The number of aldehydes is 1. The number of methoxy groups -OCH3 is 2. The predicted octanol–water partition coefficient (Wildman–Crippen LogP) is 6.28. The molecule has 0 saturated carbocycles. The molecule has 1 saturated heterocycles. The molecule has 3 amide bonds. The van der Waals surface area contributed by atoms with Crippen LogP contribution in [-0.4, -0.2) is 125 Å². The Kier molecular flexibility index (Phi) is 31.6. The molecule has 1 aromatic rings. The molecule has 56 heavy (non-hydrogen) atoms. The Balaban J connectivity index is 0. The molecule has 0 spiro atoms. The zero-order chi connectivity index (χ0) is 43.4. The normalized spacial score (nSPS) is 17.4. The average Bonchev–Trinajstić information content (AvgIpc) is 3.66. The Labute approximate surface area is 341 Å². The zero-order valence-electron chi connectivity index (χ0n) is 38.1. The fourth-order valence-electron chi connectivity index (χ4n) is 6.98. The molecule has 326 valence electrons. The van der Waals surface area contributed by atoms with Gasteiger partial charge in [0.15, 0.2) is 0 Å². The van der Waals surface area contributed by atoms with Crippen molar-refractivity contribution in [3.8, 4) is 0 Å². The van der Waals surface area contributed by atoms with Crippen molar-refractivity contribution in [2.75, 3.05) is 55.0 Å². The lowest BCUT2D eigenvalue weighted by molar-refractivity contribution is -0.143. The summed E-state index contributed by atoms with van der Waals surface area (Å²) >= 11 is 0. The van der Waals surface area contributed by atoms with Crippen LogP contribution in [0, 0.1) is 17.8 Å². The van der Waals surface area contributed by atoms with Gasteiger partial charge in [-0.05, 0) is 65.2 Å². The van der Waals surface area contributed by atoms with Crippen molar-refractivity contribution < 1.29 is 33.4 Å². The second kappa shape index (κ2) is 32.1. The number of rotatable bonds is 21. The number of carbonyl (C=O) groups is 4. The van der Waals surface area contributed by atoms with Crippen molar-refractivity contribution in [2.45, 2.75) is 151 Å². The van der Waals surface area contributed by atoms with Crippen LogP contribution in [0.25, 0.3) is 0 Å². The number of benzene rings is 1. The first-order chi connectivity index (χ1) is 26.6. The molecule has 12 heteroatoms. The maximum Gasteiger partial charge on any atom is 0.237 e.